The van der Waals surface area contributed by atoms with Gasteiger partial charge in [-0.1, -0.05) is 44.2 Å². The molecular weight excluding hydrogens is 286 g/mol. The average Bonchev–Trinajstić information content (AvgIpc) is 2.51. The van der Waals surface area contributed by atoms with Crippen molar-refractivity contribution in [3.63, 3.8) is 0 Å². The van der Waals surface area contributed by atoms with Gasteiger partial charge in [0.2, 0.25) is 0 Å². The van der Waals surface area contributed by atoms with Crippen LogP contribution in [0, 0.1) is 5.92 Å². The summed E-state index contributed by atoms with van der Waals surface area (Å²) in [4.78, 5) is 34.9. The maximum absolute atomic E-state index is 12.1. The minimum absolute atomic E-state index is 0.0907. The molecule has 0 aliphatic rings. The molecule has 2 atom stereocenters. The standard InChI is InChI=1S/C16H21NO5/c1-3-12(15(19)20)14(18)13(4-2)17-16(21)22-10-11-8-6-5-7-9-11/h5-9,12-13H,3-4,10H2,1-2H3,(H,17,21)(H,19,20)/t12?,13-/m0/s1. The summed E-state index contributed by atoms with van der Waals surface area (Å²) in [5.74, 6) is -2.79. The van der Waals surface area contributed by atoms with E-state index in [0.29, 0.717) is 6.42 Å². The van der Waals surface area contributed by atoms with Crippen molar-refractivity contribution in [1.82, 2.24) is 5.32 Å². The number of rotatable bonds is 8. The molecule has 0 aliphatic heterocycles. The van der Waals surface area contributed by atoms with Crippen LogP contribution in [0.4, 0.5) is 4.79 Å². The highest BCUT2D eigenvalue weighted by atomic mass is 16.5. The first-order valence-corrected chi connectivity index (χ1v) is 7.23. The summed E-state index contributed by atoms with van der Waals surface area (Å²) in [6.07, 6.45) is -0.238. The number of hydrogen-bond donors (Lipinski definition) is 2. The molecule has 1 unspecified atom stereocenters. The largest absolute Gasteiger partial charge is 0.481 e. The topological polar surface area (TPSA) is 92.7 Å². The SMILES string of the molecule is CCC(C(=O)O)C(=O)[C@H](CC)NC(=O)OCc1ccccc1. The molecule has 0 radical (unpaired) electrons. The molecule has 1 amide bonds. The number of carbonyl (C=O) groups is 3. The number of aliphatic carboxylic acids is 1. The number of amides is 1. The lowest BCUT2D eigenvalue weighted by atomic mass is 9.94. The first kappa shape index (κ1) is 17.7. The zero-order valence-electron chi connectivity index (χ0n) is 12.7. The van der Waals surface area contributed by atoms with Crippen molar-refractivity contribution in [2.24, 2.45) is 5.92 Å². The van der Waals surface area contributed by atoms with Crippen LogP contribution in [0.15, 0.2) is 30.3 Å². The molecule has 0 saturated carbocycles. The molecule has 0 heterocycles. The highest BCUT2D eigenvalue weighted by molar-refractivity contribution is 6.01. The van der Waals surface area contributed by atoms with Gasteiger partial charge in [0.15, 0.2) is 5.78 Å². The molecule has 0 aliphatic carbocycles. The molecule has 2 N–H and O–H groups in total. The van der Waals surface area contributed by atoms with Gasteiger partial charge in [-0.05, 0) is 18.4 Å². The van der Waals surface area contributed by atoms with E-state index in [-0.39, 0.29) is 13.0 Å². The van der Waals surface area contributed by atoms with Crippen molar-refractivity contribution in [1.29, 1.82) is 0 Å². The number of benzene rings is 1. The van der Waals surface area contributed by atoms with Crippen LogP contribution >= 0.6 is 0 Å². The Hall–Kier alpha value is -2.37. The van der Waals surface area contributed by atoms with Crippen molar-refractivity contribution >= 4 is 17.8 Å². The fourth-order valence-electron chi connectivity index (χ4n) is 2.02. The predicted octanol–water partition coefficient (Wildman–Crippen LogP) is 2.37. The molecule has 0 spiro atoms. The van der Waals surface area contributed by atoms with Gasteiger partial charge in [-0.2, -0.15) is 0 Å². The third-order valence-corrected chi connectivity index (χ3v) is 3.31. The Morgan fingerprint density at radius 1 is 1.14 bits per heavy atom. The van der Waals surface area contributed by atoms with Crippen molar-refractivity contribution in [3.05, 3.63) is 35.9 Å². The van der Waals surface area contributed by atoms with Gasteiger partial charge in [0, 0.05) is 0 Å². The van der Waals surface area contributed by atoms with Crippen LogP contribution in [0.5, 0.6) is 0 Å². The van der Waals surface area contributed by atoms with E-state index in [9.17, 15) is 14.4 Å². The molecule has 1 rings (SSSR count). The van der Waals surface area contributed by atoms with Gasteiger partial charge in [-0.25, -0.2) is 4.79 Å². The molecule has 6 nitrogen and oxygen atoms in total. The summed E-state index contributed by atoms with van der Waals surface area (Å²) in [5.41, 5.74) is 0.828. The molecule has 0 saturated heterocycles. The predicted molar refractivity (Wildman–Crippen MR) is 80.3 cm³/mol. The number of ether oxygens (including phenoxy) is 1. The fourth-order valence-corrected chi connectivity index (χ4v) is 2.02. The Kier molecular flexibility index (Phi) is 7.08. The molecular formula is C16H21NO5. The number of carboxylic acid groups (broad SMARTS) is 1. The summed E-state index contributed by atoms with van der Waals surface area (Å²) >= 11 is 0. The number of carboxylic acids is 1. The van der Waals surface area contributed by atoms with E-state index < -0.39 is 29.8 Å². The Labute approximate surface area is 129 Å². The zero-order valence-corrected chi connectivity index (χ0v) is 12.7. The molecule has 0 fully saturated rings. The Bertz CT molecular complexity index is 515. The molecule has 1 aromatic carbocycles. The van der Waals surface area contributed by atoms with Crippen LogP contribution in [-0.4, -0.2) is 29.0 Å². The second-order valence-corrected chi connectivity index (χ2v) is 4.87. The smallest absolute Gasteiger partial charge is 0.408 e. The average molecular weight is 307 g/mol. The van der Waals surface area contributed by atoms with E-state index in [1.54, 1.807) is 13.8 Å². The number of Topliss-reactive ketones (excluding diaryl/α,β-unsaturated/α-hetero) is 1. The van der Waals surface area contributed by atoms with Gasteiger partial charge in [0.05, 0.1) is 6.04 Å². The Morgan fingerprint density at radius 3 is 2.27 bits per heavy atom. The zero-order chi connectivity index (χ0) is 16.5. The number of alkyl carbamates (subject to hydrolysis) is 1. The number of hydrogen-bond acceptors (Lipinski definition) is 4. The third kappa shape index (κ3) is 5.20. The first-order chi connectivity index (χ1) is 10.5. The highest BCUT2D eigenvalue weighted by Gasteiger charge is 2.31. The molecule has 0 bridgehead atoms. The number of ketones is 1. The summed E-state index contributed by atoms with van der Waals surface area (Å²) in [7, 11) is 0. The minimum atomic E-state index is -1.18. The van der Waals surface area contributed by atoms with Crippen molar-refractivity contribution in [2.75, 3.05) is 0 Å². The second-order valence-electron chi connectivity index (χ2n) is 4.87. The monoisotopic (exact) mass is 307 g/mol. The maximum Gasteiger partial charge on any atom is 0.408 e. The molecule has 1 aromatic rings. The summed E-state index contributed by atoms with van der Waals surface area (Å²) in [6.45, 7) is 3.42. The van der Waals surface area contributed by atoms with E-state index in [1.807, 2.05) is 30.3 Å². The molecule has 6 heteroatoms. The van der Waals surface area contributed by atoms with Gasteiger partial charge in [-0.15, -0.1) is 0 Å². The third-order valence-electron chi connectivity index (χ3n) is 3.31. The van der Waals surface area contributed by atoms with Crippen molar-refractivity contribution in [3.8, 4) is 0 Å². The van der Waals surface area contributed by atoms with Crippen LogP contribution in [0.2, 0.25) is 0 Å². The Balaban J connectivity index is 2.56. The van der Waals surface area contributed by atoms with Crippen LogP contribution in [0.1, 0.15) is 32.3 Å². The van der Waals surface area contributed by atoms with Crippen molar-refractivity contribution < 1.29 is 24.2 Å². The van der Waals surface area contributed by atoms with Gasteiger partial charge in [-0.3, -0.25) is 9.59 Å². The quantitative estimate of drug-likeness (QED) is 0.719. The van der Waals surface area contributed by atoms with Gasteiger partial charge >= 0.3 is 12.1 Å². The van der Waals surface area contributed by atoms with E-state index in [4.69, 9.17) is 9.84 Å². The maximum atomic E-state index is 12.1. The summed E-state index contributed by atoms with van der Waals surface area (Å²) in [6, 6.07) is 8.28. The first-order valence-electron chi connectivity index (χ1n) is 7.23. The van der Waals surface area contributed by atoms with Gasteiger partial charge in [0.1, 0.15) is 12.5 Å². The molecule has 0 aromatic heterocycles. The van der Waals surface area contributed by atoms with E-state index in [0.717, 1.165) is 5.56 Å². The number of nitrogens with one attached hydrogen (secondary N) is 1. The van der Waals surface area contributed by atoms with E-state index >= 15 is 0 Å². The summed E-state index contributed by atoms with van der Waals surface area (Å²) < 4.78 is 5.03. The lowest BCUT2D eigenvalue weighted by Gasteiger charge is -2.19. The van der Waals surface area contributed by atoms with E-state index in [2.05, 4.69) is 5.32 Å². The van der Waals surface area contributed by atoms with Gasteiger partial charge < -0.3 is 15.2 Å². The van der Waals surface area contributed by atoms with Crippen LogP contribution < -0.4 is 5.32 Å². The number of carbonyl (C=O) groups excluding carboxylic acids is 2. The summed E-state index contributed by atoms with van der Waals surface area (Å²) in [5, 5.41) is 11.4. The fraction of sp³-hybridized carbons (Fsp3) is 0.438. The van der Waals surface area contributed by atoms with Crippen LogP contribution in [0.3, 0.4) is 0 Å². The van der Waals surface area contributed by atoms with Crippen molar-refractivity contribution in [2.45, 2.75) is 39.3 Å². The lowest BCUT2D eigenvalue weighted by molar-refractivity contribution is -0.147. The van der Waals surface area contributed by atoms with E-state index in [1.165, 1.54) is 0 Å². The van der Waals surface area contributed by atoms with Gasteiger partial charge in [0.25, 0.3) is 0 Å². The highest BCUT2D eigenvalue weighted by Crippen LogP contribution is 2.10. The minimum Gasteiger partial charge on any atom is -0.481 e. The molecule has 22 heavy (non-hydrogen) atoms. The normalized spacial score (nSPS) is 13.0. The van der Waals surface area contributed by atoms with Crippen LogP contribution in [0.25, 0.3) is 0 Å². The lowest BCUT2D eigenvalue weighted by Crippen LogP contribution is -2.45. The van der Waals surface area contributed by atoms with Crippen LogP contribution in [-0.2, 0) is 20.9 Å². The Morgan fingerprint density at radius 2 is 1.77 bits per heavy atom. The molecule has 120 valence electrons. The second kappa shape index (κ2) is 8.81.